The summed E-state index contributed by atoms with van der Waals surface area (Å²) >= 11 is 1.90. The largest absolute Gasteiger partial charge is 0.461 e. The lowest BCUT2D eigenvalue weighted by atomic mass is 10.1. The Labute approximate surface area is 182 Å². The SMILES string of the molecule is CCNC(=O)Nc1cc(-c2nc(C(F)(F)F)cs2)c(-c2nc(C(=O)OCC)cs2)cn1. The molecule has 0 spiro atoms. The Kier molecular flexibility index (Phi) is 6.85. The van der Waals surface area contributed by atoms with Gasteiger partial charge in [0.25, 0.3) is 0 Å². The number of nitrogens with one attached hydrogen (secondary N) is 2. The van der Waals surface area contributed by atoms with Gasteiger partial charge in [0.2, 0.25) is 0 Å². The monoisotopic (exact) mass is 471 g/mol. The minimum atomic E-state index is -4.59. The van der Waals surface area contributed by atoms with E-state index in [1.54, 1.807) is 13.8 Å². The van der Waals surface area contributed by atoms with Crippen LogP contribution in [0.25, 0.3) is 21.1 Å². The van der Waals surface area contributed by atoms with Crippen LogP contribution < -0.4 is 10.6 Å². The maximum atomic E-state index is 13.0. The van der Waals surface area contributed by atoms with Gasteiger partial charge in [-0.2, -0.15) is 13.2 Å². The smallest absolute Gasteiger partial charge is 0.434 e. The molecule has 0 aliphatic heterocycles. The molecular formula is C18H16F3N5O3S2. The number of aromatic nitrogens is 3. The molecular weight excluding hydrogens is 455 g/mol. The molecule has 0 saturated heterocycles. The Morgan fingerprint density at radius 3 is 2.45 bits per heavy atom. The molecule has 0 unspecified atom stereocenters. The van der Waals surface area contributed by atoms with Gasteiger partial charge in [-0.25, -0.2) is 24.5 Å². The van der Waals surface area contributed by atoms with Crippen molar-refractivity contribution >= 4 is 40.5 Å². The lowest BCUT2D eigenvalue weighted by molar-refractivity contribution is -0.140. The van der Waals surface area contributed by atoms with Gasteiger partial charge >= 0.3 is 18.2 Å². The van der Waals surface area contributed by atoms with E-state index < -0.39 is 23.9 Å². The number of halogens is 3. The van der Waals surface area contributed by atoms with Gasteiger partial charge in [-0.3, -0.25) is 5.32 Å². The summed E-state index contributed by atoms with van der Waals surface area (Å²) in [6.45, 7) is 3.96. The number of pyridine rings is 1. The molecule has 3 aromatic rings. The van der Waals surface area contributed by atoms with Crippen molar-refractivity contribution in [3.05, 3.63) is 34.4 Å². The summed E-state index contributed by atoms with van der Waals surface area (Å²) in [6.07, 6.45) is -3.23. The zero-order valence-corrected chi connectivity index (χ0v) is 17.9. The van der Waals surface area contributed by atoms with Gasteiger partial charge < -0.3 is 10.1 Å². The first-order chi connectivity index (χ1) is 14.7. The molecule has 0 aromatic carbocycles. The number of carbonyl (C=O) groups is 2. The van der Waals surface area contributed by atoms with Gasteiger partial charge in [0.1, 0.15) is 15.8 Å². The quantitative estimate of drug-likeness (QED) is 0.507. The number of alkyl halides is 3. The first kappa shape index (κ1) is 22.6. The third-order valence-corrected chi connectivity index (χ3v) is 5.48. The van der Waals surface area contributed by atoms with Crippen molar-refractivity contribution in [1.29, 1.82) is 0 Å². The Morgan fingerprint density at radius 1 is 1.10 bits per heavy atom. The summed E-state index contributed by atoms with van der Waals surface area (Å²) in [5.74, 6) is -0.488. The summed E-state index contributed by atoms with van der Waals surface area (Å²) < 4.78 is 44.1. The van der Waals surface area contributed by atoms with Crippen LogP contribution >= 0.6 is 22.7 Å². The van der Waals surface area contributed by atoms with Crippen LogP contribution in [0, 0.1) is 0 Å². The Bertz CT molecular complexity index is 1100. The average molecular weight is 471 g/mol. The van der Waals surface area contributed by atoms with Gasteiger partial charge in [-0.1, -0.05) is 0 Å². The second-order valence-electron chi connectivity index (χ2n) is 5.89. The first-order valence-corrected chi connectivity index (χ1v) is 10.7. The van der Waals surface area contributed by atoms with Gasteiger partial charge in [-0.05, 0) is 19.9 Å². The Morgan fingerprint density at radius 2 is 1.81 bits per heavy atom. The van der Waals surface area contributed by atoms with E-state index in [2.05, 4.69) is 25.6 Å². The fourth-order valence-electron chi connectivity index (χ4n) is 2.42. The molecule has 0 saturated carbocycles. The fourth-order valence-corrected chi connectivity index (χ4v) is 4.09. The first-order valence-electron chi connectivity index (χ1n) is 8.94. The number of urea groups is 1. The van der Waals surface area contributed by atoms with Crippen molar-refractivity contribution in [3.63, 3.8) is 0 Å². The number of ether oxygens (including phenoxy) is 1. The Balaban J connectivity index is 2.05. The van der Waals surface area contributed by atoms with Gasteiger partial charge in [-0.15, -0.1) is 22.7 Å². The maximum absolute atomic E-state index is 13.0. The van der Waals surface area contributed by atoms with Crippen LogP contribution in [0.2, 0.25) is 0 Å². The number of esters is 1. The summed E-state index contributed by atoms with van der Waals surface area (Å²) in [7, 11) is 0. The minimum Gasteiger partial charge on any atom is -0.461 e. The lowest BCUT2D eigenvalue weighted by Crippen LogP contribution is -2.28. The molecule has 31 heavy (non-hydrogen) atoms. The average Bonchev–Trinajstić information content (AvgIpc) is 3.38. The predicted octanol–water partition coefficient (Wildman–Crippen LogP) is 4.67. The van der Waals surface area contributed by atoms with Crippen LogP contribution in [0.4, 0.5) is 23.8 Å². The van der Waals surface area contributed by atoms with E-state index in [1.165, 1.54) is 17.6 Å². The molecule has 0 aliphatic carbocycles. The number of hydrogen-bond acceptors (Lipinski definition) is 8. The lowest BCUT2D eigenvalue weighted by Gasteiger charge is -2.09. The number of thiazole rings is 2. The molecule has 0 aliphatic rings. The van der Waals surface area contributed by atoms with E-state index in [4.69, 9.17) is 4.74 Å². The van der Waals surface area contributed by atoms with E-state index in [1.807, 2.05) is 0 Å². The zero-order chi connectivity index (χ0) is 22.6. The second kappa shape index (κ2) is 9.39. The third-order valence-electron chi connectivity index (χ3n) is 3.73. The van der Waals surface area contributed by atoms with Crippen molar-refractivity contribution in [2.45, 2.75) is 20.0 Å². The number of hydrogen-bond donors (Lipinski definition) is 2. The van der Waals surface area contributed by atoms with Crippen LogP contribution in [-0.2, 0) is 10.9 Å². The van der Waals surface area contributed by atoms with E-state index in [0.717, 1.165) is 28.1 Å². The molecule has 3 aromatic heterocycles. The van der Waals surface area contributed by atoms with Gasteiger partial charge in [0.15, 0.2) is 11.4 Å². The number of nitrogens with zero attached hydrogens (tertiary/aromatic N) is 3. The fraction of sp³-hybridized carbons (Fsp3) is 0.278. The molecule has 13 heteroatoms. The Hall–Kier alpha value is -3.06. The highest BCUT2D eigenvalue weighted by Crippen LogP contribution is 2.39. The van der Waals surface area contributed by atoms with Crippen LogP contribution in [0.15, 0.2) is 23.0 Å². The van der Waals surface area contributed by atoms with E-state index >= 15 is 0 Å². The molecule has 164 valence electrons. The van der Waals surface area contributed by atoms with Crippen molar-refractivity contribution in [3.8, 4) is 21.1 Å². The molecule has 2 amide bonds. The second-order valence-corrected chi connectivity index (χ2v) is 7.61. The van der Waals surface area contributed by atoms with Crippen molar-refractivity contribution in [1.82, 2.24) is 20.3 Å². The molecule has 0 atom stereocenters. The highest BCUT2D eigenvalue weighted by molar-refractivity contribution is 7.14. The number of carbonyl (C=O) groups excluding carboxylic acids is 2. The van der Waals surface area contributed by atoms with Crippen LogP contribution in [0.3, 0.4) is 0 Å². The molecule has 8 nitrogen and oxygen atoms in total. The highest BCUT2D eigenvalue weighted by atomic mass is 32.1. The summed E-state index contributed by atoms with van der Waals surface area (Å²) in [5.41, 5.74) is -0.301. The predicted molar refractivity (Wildman–Crippen MR) is 110 cm³/mol. The van der Waals surface area contributed by atoms with Crippen LogP contribution in [0.1, 0.15) is 30.0 Å². The number of anilines is 1. The van der Waals surface area contributed by atoms with Gasteiger partial charge in [0, 0.05) is 34.6 Å². The molecule has 0 fully saturated rings. The zero-order valence-electron chi connectivity index (χ0n) is 16.2. The van der Waals surface area contributed by atoms with Crippen molar-refractivity contribution < 1.29 is 27.5 Å². The molecule has 3 rings (SSSR count). The van der Waals surface area contributed by atoms with Crippen LogP contribution in [0.5, 0.6) is 0 Å². The van der Waals surface area contributed by atoms with E-state index in [-0.39, 0.29) is 28.7 Å². The summed E-state index contributed by atoms with van der Waals surface area (Å²) in [4.78, 5) is 35.8. The normalized spacial score (nSPS) is 11.3. The highest BCUT2D eigenvalue weighted by Gasteiger charge is 2.34. The van der Waals surface area contributed by atoms with Gasteiger partial charge in [0.05, 0.1) is 6.61 Å². The molecule has 0 radical (unpaired) electrons. The summed E-state index contributed by atoms with van der Waals surface area (Å²) in [6, 6.07) is 0.900. The van der Waals surface area contributed by atoms with Crippen molar-refractivity contribution in [2.75, 3.05) is 18.5 Å². The molecule has 0 bridgehead atoms. The summed E-state index contributed by atoms with van der Waals surface area (Å²) in [5, 5.41) is 7.85. The number of rotatable bonds is 6. The molecule has 2 N–H and O–H groups in total. The van der Waals surface area contributed by atoms with Crippen LogP contribution in [-0.4, -0.2) is 40.1 Å². The topological polar surface area (TPSA) is 106 Å². The third kappa shape index (κ3) is 5.35. The van der Waals surface area contributed by atoms with Crippen molar-refractivity contribution in [2.24, 2.45) is 0 Å². The minimum absolute atomic E-state index is 0.0663. The number of amides is 2. The standard InChI is InChI=1S/C18H16F3N5O3S2/c1-3-22-17(28)26-13-5-9(14-25-12(8-31-14)18(19,20)21)10(6-23-13)15-24-11(7-30-15)16(27)29-4-2/h5-8H,3-4H2,1-2H3,(H2,22,23,26,28). The maximum Gasteiger partial charge on any atom is 0.434 e. The molecule has 3 heterocycles. The van der Waals surface area contributed by atoms with E-state index in [0.29, 0.717) is 17.1 Å². The van der Waals surface area contributed by atoms with E-state index in [9.17, 15) is 22.8 Å².